The van der Waals surface area contributed by atoms with Crippen molar-refractivity contribution in [2.24, 2.45) is 0 Å². The van der Waals surface area contributed by atoms with Crippen LogP contribution in [-0.4, -0.2) is 20.2 Å². The molecule has 5 aromatic rings. The lowest BCUT2D eigenvalue weighted by Crippen LogP contribution is -2.29. The van der Waals surface area contributed by atoms with E-state index in [4.69, 9.17) is 0 Å². The molecule has 0 N–H and O–H groups in total. The van der Waals surface area contributed by atoms with E-state index in [9.17, 15) is 9.59 Å². The predicted molar refractivity (Wildman–Crippen MR) is 128 cm³/mol. The van der Waals surface area contributed by atoms with Gasteiger partial charge in [-0.2, -0.15) is 0 Å². The van der Waals surface area contributed by atoms with E-state index in [0.717, 1.165) is 16.7 Å². The molecule has 0 saturated carbocycles. The van der Waals surface area contributed by atoms with Crippen molar-refractivity contribution in [3.8, 4) is 0 Å². The largest absolute Gasteiger partial charge is 0.329 e. The van der Waals surface area contributed by atoms with Gasteiger partial charge in [0.25, 0.3) is 11.5 Å². The number of fused-ring (bicyclic) bond motifs is 2. The van der Waals surface area contributed by atoms with Crippen molar-refractivity contribution in [1.82, 2.24) is 14.3 Å². The maximum absolute atomic E-state index is 13.6. The molecule has 0 bridgehead atoms. The van der Waals surface area contributed by atoms with E-state index in [0.29, 0.717) is 33.8 Å². The monoisotopic (exact) mass is 439 g/mol. The number of hydrogen-bond donors (Lipinski definition) is 0. The average Bonchev–Trinajstić information content (AvgIpc) is 3.25. The fourth-order valence-electron chi connectivity index (χ4n) is 3.83. The van der Waals surface area contributed by atoms with Crippen LogP contribution in [0.25, 0.3) is 15.9 Å². The molecule has 0 atom stereocenters. The Hall–Kier alpha value is -3.77. The van der Waals surface area contributed by atoms with Gasteiger partial charge < -0.3 is 4.90 Å². The predicted octanol–water partition coefficient (Wildman–Crippen LogP) is 5.06. The number of aromatic nitrogens is 2. The van der Waals surface area contributed by atoms with Crippen LogP contribution < -0.4 is 5.56 Å². The molecular weight excluding hydrogens is 418 g/mol. The molecule has 6 heteroatoms. The summed E-state index contributed by atoms with van der Waals surface area (Å²) in [6.45, 7) is 2.89. The molecule has 1 amide bonds. The Kier molecular flexibility index (Phi) is 5.29. The number of aryl methyl sites for hydroxylation is 1. The molecule has 5 nitrogen and oxygen atoms in total. The summed E-state index contributed by atoms with van der Waals surface area (Å²) in [4.78, 5) is 34.2. The van der Waals surface area contributed by atoms with Gasteiger partial charge >= 0.3 is 0 Å². The third kappa shape index (κ3) is 3.81. The molecule has 2 aromatic carbocycles. The number of benzene rings is 2. The van der Waals surface area contributed by atoms with Crippen LogP contribution in [0, 0.1) is 6.92 Å². The van der Waals surface area contributed by atoms with Crippen LogP contribution in [0.4, 0.5) is 0 Å². The zero-order chi connectivity index (χ0) is 22.1. The Bertz CT molecular complexity index is 1430. The summed E-state index contributed by atoms with van der Waals surface area (Å²) in [5.41, 5.74) is 3.50. The summed E-state index contributed by atoms with van der Waals surface area (Å²) in [6.07, 6.45) is 1.72. The van der Waals surface area contributed by atoms with Crippen molar-refractivity contribution in [3.63, 3.8) is 0 Å². The maximum atomic E-state index is 13.6. The molecule has 0 fully saturated rings. The SMILES string of the molecule is Cc1cccn2c(=O)c3cc(C(=O)N(Cc4ccccc4)Cc4ccccc4)sc3nc12. The molecule has 0 aliphatic carbocycles. The van der Waals surface area contributed by atoms with E-state index in [1.165, 1.54) is 11.3 Å². The number of thiophene rings is 1. The van der Waals surface area contributed by atoms with Gasteiger partial charge in [-0.05, 0) is 35.7 Å². The standard InChI is InChI=1S/C26H21N3O2S/c1-18-9-8-14-29-23(18)27-24-21(25(29)30)15-22(32-24)26(31)28(16-19-10-4-2-5-11-19)17-20-12-6-3-7-13-20/h2-15H,16-17H2,1H3. The number of carbonyl (C=O) groups excluding carboxylic acids is 1. The molecule has 5 rings (SSSR count). The van der Waals surface area contributed by atoms with Crippen molar-refractivity contribution in [2.75, 3.05) is 0 Å². The molecule has 0 saturated heterocycles. The molecule has 32 heavy (non-hydrogen) atoms. The van der Waals surface area contributed by atoms with Crippen molar-refractivity contribution >= 4 is 33.1 Å². The number of hydrogen-bond acceptors (Lipinski definition) is 4. The van der Waals surface area contributed by atoms with Crippen molar-refractivity contribution in [3.05, 3.63) is 117 Å². The minimum Gasteiger partial charge on any atom is -0.329 e. The number of pyridine rings is 1. The second-order valence-corrected chi connectivity index (χ2v) is 8.79. The van der Waals surface area contributed by atoms with Crippen LogP contribution in [0.5, 0.6) is 0 Å². The molecule has 0 aliphatic rings. The molecule has 3 aromatic heterocycles. The van der Waals surface area contributed by atoms with Crippen molar-refractivity contribution < 1.29 is 4.79 Å². The van der Waals surface area contributed by atoms with Crippen LogP contribution in [0.3, 0.4) is 0 Å². The van der Waals surface area contributed by atoms with Gasteiger partial charge in [-0.3, -0.25) is 14.0 Å². The maximum Gasteiger partial charge on any atom is 0.266 e. The number of carbonyl (C=O) groups is 1. The first-order valence-corrected chi connectivity index (χ1v) is 11.2. The average molecular weight is 440 g/mol. The highest BCUT2D eigenvalue weighted by Crippen LogP contribution is 2.25. The molecule has 0 radical (unpaired) electrons. The topological polar surface area (TPSA) is 54.7 Å². The van der Waals surface area contributed by atoms with E-state index in [-0.39, 0.29) is 11.5 Å². The van der Waals surface area contributed by atoms with Gasteiger partial charge in [-0.1, -0.05) is 66.7 Å². The number of nitrogens with zero attached hydrogens (tertiary/aromatic N) is 3. The molecule has 0 spiro atoms. The zero-order valence-electron chi connectivity index (χ0n) is 17.6. The fraction of sp³-hybridized carbons (Fsp3) is 0.115. The van der Waals surface area contributed by atoms with Gasteiger partial charge in [0.1, 0.15) is 10.5 Å². The second kappa shape index (κ2) is 8.40. The van der Waals surface area contributed by atoms with Crippen LogP contribution in [0.15, 0.2) is 89.9 Å². The lowest BCUT2D eigenvalue weighted by Gasteiger charge is -2.22. The third-order valence-corrected chi connectivity index (χ3v) is 6.48. The Morgan fingerprint density at radius 3 is 2.19 bits per heavy atom. The number of rotatable bonds is 5. The van der Waals surface area contributed by atoms with Crippen molar-refractivity contribution in [1.29, 1.82) is 0 Å². The Balaban J connectivity index is 1.56. The van der Waals surface area contributed by atoms with Gasteiger partial charge in [0.05, 0.1) is 10.3 Å². The van der Waals surface area contributed by atoms with Gasteiger partial charge in [-0.15, -0.1) is 11.3 Å². The summed E-state index contributed by atoms with van der Waals surface area (Å²) in [6, 6.07) is 25.3. The summed E-state index contributed by atoms with van der Waals surface area (Å²) < 4.78 is 1.55. The second-order valence-electron chi connectivity index (χ2n) is 7.76. The summed E-state index contributed by atoms with van der Waals surface area (Å²) >= 11 is 1.28. The minimum absolute atomic E-state index is 0.106. The van der Waals surface area contributed by atoms with Gasteiger partial charge in [-0.25, -0.2) is 4.98 Å². The lowest BCUT2D eigenvalue weighted by molar-refractivity contribution is 0.0735. The first kappa shape index (κ1) is 20.2. The fourth-order valence-corrected chi connectivity index (χ4v) is 4.82. The summed E-state index contributed by atoms with van der Waals surface area (Å²) in [7, 11) is 0. The smallest absolute Gasteiger partial charge is 0.266 e. The molecule has 158 valence electrons. The normalized spacial score (nSPS) is 11.2. The van der Waals surface area contributed by atoms with Crippen molar-refractivity contribution in [2.45, 2.75) is 20.0 Å². The van der Waals surface area contributed by atoms with E-state index in [1.807, 2.05) is 84.6 Å². The first-order chi connectivity index (χ1) is 15.6. The Morgan fingerprint density at radius 1 is 0.938 bits per heavy atom. The van der Waals surface area contributed by atoms with Crippen LogP contribution in [0.2, 0.25) is 0 Å². The Morgan fingerprint density at radius 2 is 1.56 bits per heavy atom. The van der Waals surface area contributed by atoms with Gasteiger partial charge in [0.15, 0.2) is 0 Å². The van der Waals surface area contributed by atoms with E-state index in [1.54, 1.807) is 16.7 Å². The minimum atomic E-state index is -0.151. The van der Waals surface area contributed by atoms with Crippen LogP contribution in [0.1, 0.15) is 26.4 Å². The highest BCUT2D eigenvalue weighted by molar-refractivity contribution is 7.20. The van der Waals surface area contributed by atoms with Crippen LogP contribution in [-0.2, 0) is 13.1 Å². The van der Waals surface area contributed by atoms with E-state index < -0.39 is 0 Å². The Labute approximate surface area is 189 Å². The quantitative estimate of drug-likeness (QED) is 0.385. The zero-order valence-corrected chi connectivity index (χ0v) is 18.4. The highest BCUT2D eigenvalue weighted by atomic mass is 32.1. The summed E-state index contributed by atoms with van der Waals surface area (Å²) in [5, 5.41) is 0.473. The summed E-state index contributed by atoms with van der Waals surface area (Å²) in [5.74, 6) is -0.106. The van der Waals surface area contributed by atoms with Gasteiger partial charge in [0.2, 0.25) is 0 Å². The first-order valence-electron chi connectivity index (χ1n) is 10.4. The molecular formula is C26H21N3O2S. The molecule has 0 unspecified atom stereocenters. The molecule has 3 heterocycles. The lowest BCUT2D eigenvalue weighted by atomic mass is 10.1. The highest BCUT2D eigenvalue weighted by Gasteiger charge is 2.21. The third-order valence-electron chi connectivity index (χ3n) is 5.46. The molecule has 0 aliphatic heterocycles. The van der Waals surface area contributed by atoms with Gasteiger partial charge in [0, 0.05) is 19.3 Å². The number of amides is 1. The van der Waals surface area contributed by atoms with E-state index in [2.05, 4.69) is 4.98 Å². The van der Waals surface area contributed by atoms with E-state index >= 15 is 0 Å². The van der Waals surface area contributed by atoms with Crippen LogP contribution >= 0.6 is 11.3 Å².